The van der Waals surface area contributed by atoms with Crippen molar-refractivity contribution in [2.45, 2.75) is 19.4 Å². The fourth-order valence-electron chi connectivity index (χ4n) is 3.11. The number of fused-ring (bicyclic) bond motifs is 1. The molecule has 9 heteroatoms. The Morgan fingerprint density at radius 1 is 1.33 bits per heavy atom. The molecule has 1 saturated heterocycles. The summed E-state index contributed by atoms with van der Waals surface area (Å²) < 4.78 is 0. The standard InChI is InChI=1S/C18H21N7O2/c1-2-19-18(27)24-16-22-14-4-3-11(7-15(14)23-16)12-8-20-17(21-9-12)25-6-5-13(26)10-25/h3-4,7-9,13,26H,2,5-6,10H2,1H3,(H3,19,22,23,24,27). The maximum Gasteiger partial charge on any atom is 0.321 e. The highest BCUT2D eigenvalue weighted by molar-refractivity contribution is 5.90. The number of β-amino-alcohol motifs (C(OH)–C–C–N with tert-alkyl or cyclic N) is 1. The Bertz CT molecular complexity index is 954. The Morgan fingerprint density at radius 2 is 2.15 bits per heavy atom. The Balaban J connectivity index is 1.54. The van der Waals surface area contributed by atoms with Gasteiger partial charge in [0, 0.05) is 37.6 Å². The summed E-state index contributed by atoms with van der Waals surface area (Å²) in [5.41, 5.74) is 3.38. The van der Waals surface area contributed by atoms with Crippen molar-refractivity contribution in [2.75, 3.05) is 29.9 Å². The van der Waals surface area contributed by atoms with Crippen LogP contribution in [0.3, 0.4) is 0 Å². The number of aromatic amines is 1. The van der Waals surface area contributed by atoms with Gasteiger partial charge in [0.15, 0.2) is 0 Å². The molecule has 2 amide bonds. The highest BCUT2D eigenvalue weighted by Gasteiger charge is 2.22. The minimum absolute atomic E-state index is 0.298. The predicted octanol–water partition coefficient (Wildman–Crippen LogP) is 1.73. The number of hydrogen-bond donors (Lipinski definition) is 4. The van der Waals surface area contributed by atoms with Crippen LogP contribution in [0.5, 0.6) is 0 Å². The molecule has 3 aromatic rings. The van der Waals surface area contributed by atoms with Crippen LogP contribution in [0.4, 0.5) is 16.7 Å². The minimum Gasteiger partial charge on any atom is -0.391 e. The van der Waals surface area contributed by atoms with E-state index in [-0.39, 0.29) is 12.1 Å². The first kappa shape index (κ1) is 17.2. The third-order valence-corrected chi connectivity index (χ3v) is 4.47. The fraction of sp³-hybridized carbons (Fsp3) is 0.333. The molecule has 1 atom stereocenters. The van der Waals surface area contributed by atoms with E-state index in [4.69, 9.17) is 0 Å². The topological polar surface area (TPSA) is 119 Å². The molecule has 4 N–H and O–H groups in total. The lowest BCUT2D eigenvalue weighted by molar-refractivity contribution is 0.198. The van der Waals surface area contributed by atoms with E-state index in [1.165, 1.54) is 0 Å². The van der Waals surface area contributed by atoms with E-state index in [1.54, 1.807) is 12.4 Å². The molecule has 2 aromatic heterocycles. The van der Waals surface area contributed by atoms with Crippen LogP contribution in [0.25, 0.3) is 22.2 Å². The molecule has 1 aliphatic rings. The lowest BCUT2D eigenvalue weighted by Crippen LogP contribution is -2.28. The molecular formula is C18H21N7O2. The molecule has 4 rings (SSSR count). The SMILES string of the molecule is CCNC(=O)Nc1nc2cc(-c3cnc(N4CCC(O)C4)nc3)ccc2[nH]1. The quantitative estimate of drug-likeness (QED) is 0.558. The fourth-order valence-corrected chi connectivity index (χ4v) is 3.11. The number of imidazole rings is 1. The Labute approximate surface area is 155 Å². The Kier molecular flexibility index (Phi) is 4.59. The highest BCUT2D eigenvalue weighted by atomic mass is 16.3. The summed E-state index contributed by atoms with van der Waals surface area (Å²) in [4.78, 5) is 29.9. The number of aliphatic hydroxyl groups excluding tert-OH is 1. The summed E-state index contributed by atoms with van der Waals surface area (Å²) in [5, 5.41) is 15.0. The van der Waals surface area contributed by atoms with Gasteiger partial charge in [0.2, 0.25) is 11.9 Å². The molecule has 0 saturated carbocycles. The zero-order valence-electron chi connectivity index (χ0n) is 14.9. The van der Waals surface area contributed by atoms with Gasteiger partial charge < -0.3 is 20.3 Å². The molecule has 140 valence electrons. The van der Waals surface area contributed by atoms with Crippen LogP contribution in [0, 0.1) is 0 Å². The van der Waals surface area contributed by atoms with Crippen molar-refractivity contribution in [3.05, 3.63) is 30.6 Å². The third kappa shape index (κ3) is 3.68. The van der Waals surface area contributed by atoms with Gasteiger partial charge >= 0.3 is 6.03 Å². The number of urea groups is 1. The highest BCUT2D eigenvalue weighted by Crippen LogP contribution is 2.25. The summed E-state index contributed by atoms with van der Waals surface area (Å²) >= 11 is 0. The molecular weight excluding hydrogens is 346 g/mol. The summed E-state index contributed by atoms with van der Waals surface area (Å²) in [6, 6.07) is 5.49. The van der Waals surface area contributed by atoms with Crippen LogP contribution in [0.15, 0.2) is 30.6 Å². The normalized spacial score (nSPS) is 16.7. The third-order valence-electron chi connectivity index (χ3n) is 4.47. The number of hydrogen-bond acceptors (Lipinski definition) is 6. The average Bonchev–Trinajstić information content (AvgIpc) is 3.27. The van der Waals surface area contributed by atoms with E-state index >= 15 is 0 Å². The second-order valence-corrected chi connectivity index (χ2v) is 6.46. The Hall–Kier alpha value is -3.20. The van der Waals surface area contributed by atoms with E-state index in [0.29, 0.717) is 25.0 Å². The van der Waals surface area contributed by atoms with E-state index in [0.717, 1.165) is 35.1 Å². The predicted molar refractivity (Wildman–Crippen MR) is 103 cm³/mol. The first-order valence-corrected chi connectivity index (χ1v) is 8.92. The molecule has 1 unspecified atom stereocenters. The van der Waals surface area contributed by atoms with Crippen LogP contribution in [-0.2, 0) is 0 Å². The van der Waals surface area contributed by atoms with E-state index in [9.17, 15) is 9.90 Å². The number of anilines is 2. The molecule has 0 bridgehead atoms. The summed E-state index contributed by atoms with van der Waals surface area (Å²) in [7, 11) is 0. The number of carbonyl (C=O) groups is 1. The van der Waals surface area contributed by atoms with E-state index < -0.39 is 0 Å². The number of carbonyl (C=O) groups excluding carboxylic acids is 1. The summed E-state index contributed by atoms with van der Waals surface area (Å²) in [6.45, 7) is 3.73. The van der Waals surface area contributed by atoms with Gasteiger partial charge in [0.25, 0.3) is 0 Å². The number of amides is 2. The molecule has 1 aromatic carbocycles. The second-order valence-electron chi connectivity index (χ2n) is 6.46. The zero-order chi connectivity index (χ0) is 18.8. The molecule has 1 aliphatic heterocycles. The van der Waals surface area contributed by atoms with Crippen molar-refractivity contribution < 1.29 is 9.90 Å². The van der Waals surface area contributed by atoms with Crippen molar-refractivity contribution in [3.8, 4) is 11.1 Å². The first-order chi connectivity index (χ1) is 13.1. The number of H-pyrrole nitrogens is 1. The lowest BCUT2D eigenvalue weighted by Gasteiger charge is -2.15. The number of rotatable bonds is 4. The first-order valence-electron chi connectivity index (χ1n) is 8.92. The van der Waals surface area contributed by atoms with E-state index in [2.05, 4.69) is 30.6 Å². The summed E-state index contributed by atoms with van der Waals surface area (Å²) in [5.74, 6) is 1.02. The lowest BCUT2D eigenvalue weighted by atomic mass is 10.1. The van der Waals surface area contributed by atoms with Crippen LogP contribution in [0.1, 0.15) is 13.3 Å². The molecule has 1 fully saturated rings. The molecule has 0 radical (unpaired) electrons. The summed E-state index contributed by atoms with van der Waals surface area (Å²) in [6.07, 6.45) is 3.98. The van der Waals surface area contributed by atoms with Crippen molar-refractivity contribution in [2.24, 2.45) is 0 Å². The van der Waals surface area contributed by atoms with Crippen LogP contribution in [0.2, 0.25) is 0 Å². The number of nitrogens with one attached hydrogen (secondary N) is 3. The number of benzene rings is 1. The largest absolute Gasteiger partial charge is 0.391 e. The zero-order valence-corrected chi connectivity index (χ0v) is 14.9. The molecule has 27 heavy (non-hydrogen) atoms. The number of aromatic nitrogens is 4. The Morgan fingerprint density at radius 3 is 2.85 bits per heavy atom. The molecule has 3 heterocycles. The van der Waals surface area contributed by atoms with Gasteiger partial charge in [-0.25, -0.2) is 19.7 Å². The van der Waals surface area contributed by atoms with Crippen molar-refractivity contribution in [3.63, 3.8) is 0 Å². The van der Waals surface area contributed by atoms with E-state index in [1.807, 2.05) is 30.0 Å². The van der Waals surface area contributed by atoms with Crippen molar-refractivity contribution in [1.82, 2.24) is 25.3 Å². The van der Waals surface area contributed by atoms with Gasteiger partial charge in [-0.15, -0.1) is 0 Å². The minimum atomic E-state index is -0.308. The van der Waals surface area contributed by atoms with Crippen LogP contribution < -0.4 is 15.5 Å². The van der Waals surface area contributed by atoms with Crippen molar-refractivity contribution in [1.29, 1.82) is 0 Å². The average molecular weight is 367 g/mol. The monoisotopic (exact) mass is 367 g/mol. The maximum absolute atomic E-state index is 11.6. The second kappa shape index (κ2) is 7.20. The van der Waals surface area contributed by atoms with Gasteiger partial charge in [-0.05, 0) is 31.0 Å². The number of nitrogens with zero attached hydrogens (tertiary/aromatic N) is 4. The van der Waals surface area contributed by atoms with Gasteiger partial charge in [-0.1, -0.05) is 6.07 Å². The van der Waals surface area contributed by atoms with Crippen LogP contribution >= 0.6 is 0 Å². The number of aliphatic hydroxyl groups is 1. The van der Waals surface area contributed by atoms with Gasteiger partial charge in [-0.3, -0.25) is 5.32 Å². The molecule has 9 nitrogen and oxygen atoms in total. The van der Waals surface area contributed by atoms with Crippen molar-refractivity contribution >= 4 is 29.0 Å². The smallest absolute Gasteiger partial charge is 0.321 e. The van der Waals surface area contributed by atoms with Gasteiger partial charge in [0.05, 0.1) is 17.1 Å². The van der Waals surface area contributed by atoms with Gasteiger partial charge in [0.1, 0.15) is 0 Å². The maximum atomic E-state index is 11.6. The molecule has 0 spiro atoms. The molecule has 0 aliphatic carbocycles. The van der Waals surface area contributed by atoms with Gasteiger partial charge in [-0.2, -0.15) is 0 Å². The van der Waals surface area contributed by atoms with Crippen LogP contribution in [-0.4, -0.2) is 56.8 Å².